The Hall–Kier alpha value is -1.80. The molecule has 18 heavy (non-hydrogen) atoms. The lowest BCUT2D eigenvalue weighted by molar-refractivity contribution is 0.0733. The van der Waals surface area contributed by atoms with Gasteiger partial charge in [0.25, 0.3) is 0 Å². The van der Waals surface area contributed by atoms with Gasteiger partial charge in [-0.25, -0.2) is 4.79 Å². The largest absolute Gasteiger partial charge is 0.423 e. The molecule has 0 saturated carbocycles. The van der Waals surface area contributed by atoms with Crippen LogP contribution < -0.4 is 4.74 Å². The molecule has 2 aromatic rings. The van der Waals surface area contributed by atoms with Gasteiger partial charge in [-0.3, -0.25) is 0 Å². The molecule has 2 nitrogen and oxygen atoms in total. The Balaban J connectivity index is 2.18. The summed E-state index contributed by atoms with van der Waals surface area (Å²) in [6, 6.07) is 12.3. The molecule has 0 fully saturated rings. The Morgan fingerprint density at radius 3 is 2.33 bits per heavy atom. The van der Waals surface area contributed by atoms with Crippen LogP contribution in [0.1, 0.15) is 21.5 Å². The van der Waals surface area contributed by atoms with E-state index in [1.807, 2.05) is 26.0 Å². The van der Waals surface area contributed by atoms with Gasteiger partial charge in [0.05, 0.1) is 5.56 Å². The highest BCUT2D eigenvalue weighted by Crippen LogP contribution is 2.20. The van der Waals surface area contributed by atoms with Gasteiger partial charge in [0, 0.05) is 5.02 Å². The van der Waals surface area contributed by atoms with Crippen LogP contribution in [0.5, 0.6) is 5.75 Å². The van der Waals surface area contributed by atoms with Gasteiger partial charge in [0.1, 0.15) is 5.75 Å². The minimum atomic E-state index is -0.376. The summed E-state index contributed by atoms with van der Waals surface area (Å²) in [5, 5.41) is 0.595. The quantitative estimate of drug-likeness (QED) is 0.598. The monoisotopic (exact) mass is 260 g/mol. The van der Waals surface area contributed by atoms with Gasteiger partial charge >= 0.3 is 5.97 Å². The van der Waals surface area contributed by atoms with Crippen molar-refractivity contribution in [2.45, 2.75) is 13.8 Å². The first-order chi connectivity index (χ1) is 8.56. The molecule has 2 rings (SSSR count). The zero-order chi connectivity index (χ0) is 13.1. The Bertz CT molecular complexity index is 574. The number of carbonyl (C=O) groups excluding carboxylic acids is 1. The van der Waals surface area contributed by atoms with E-state index in [2.05, 4.69) is 0 Å². The summed E-state index contributed by atoms with van der Waals surface area (Å²) in [7, 11) is 0. The van der Waals surface area contributed by atoms with E-state index in [-0.39, 0.29) is 5.97 Å². The Morgan fingerprint density at radius 1 is 1.06 bits per heavy atom. The van der Waals surface area contributed by atoms with Crippen molar-refractivity contribution in [2.24, 2.45) is 0 Å². The van der Waals surface area contributed by atoms with Gasteiger partial charge in [0.15, 0.2) is 0 Å². The molecule has 0 aliphatic heterocycles. The summed E-state index contributed by atoms with van der Waals surface area (Å²) >= 11 is 5.77. The standard InChI is InChI=1S/C15H13ClO2/c1-10-3-8-14(11(2)9-10)18-15(17)12-4-6-13(16)7-5-12/h3-9H,1-2H3. The normalized spacial score (nSPS) is 10.2. The molecular formula is C15H13ClO2. The number of carbonyl (C=O) groups is 1. The van der Waals surface area contributed by atoms with Crippen molar-refractivity contribution in [1.82, 2.24) is 0 Å². The highest BCUT2D eigenvalue weighted by molar-refractivity contribution is 6.30. The number of rotatable bonds is 2. The van der Waals surface area contributed by atoms with Crippen LogP contribution in [0.3, 0.4) is 0 Å². The molecule has 0 bridgehead atoms. The van der Waals surface area contributed by atoms with Crippen molar-refractivity contribution in [3.63, 3.8) is 0 Å². The number of esters is 1. The molecule has 0 spiro atoms. The molecule has 0 N–H and O–H groups in total. The van der Waals surface area contributed by atoms with Gasteiger partial charge in [-0.1, -0.05) is 29.3 Å². The summed E-state index contributed by atoms with van der Waals surface area (Å²) < 4.78 is 5.34. The molecule has 0 unspecified atom stereocenters. The summed E-state index contributed by atoms with van der Waals surface area (Å²) in [6.07, 6.45) is 0. The summed E-state index contributed by atoms with van der Waals surface area (Å²) in [5.41, 5.74) is 2.57. The average Bonchev–Trinajstić information content (AvgIpc) is 2.33. The van der Waals surface area contributed by atoms with E-state index in [1.165, 1.54) is 0 Å². The fourth-order valence-electron chi connectivity index (χ4n) is 1.66. The van der Waals surface area contributed by atoms with E-state index >= 15 is 0 Å². The van der Waals surface area contributed by atoms with Gasteiger partial charge in [-0.2, -0.15) is 0 Å². The molecule has 0 aliphatic rings. The Morgan fingerprint density at radius 2 is 1.72 bits per heavy atom. The van der Waals surface area contributed by atoms with Crippen LogP contribution in [0.4, 0.5) is 0 Å². The number of hydrogen-bond acceptors (Lipinski definition) is 2. The molecule has 0 aliphatic carbocycles. The van der Waals surface area contributed by atoms with Crippen LogP contribution in [0.2, 0.25) is 5.02 Å². The lowest BCUT2D eigenvalue weighted by Gasteiger charge is -2.08. The predicted molar refractivity (Wildman–Crippen MR) is 72.3 cm³/mol. The molecule has 0 amide bonds. The summed E-state index contributed by atoms with van der Waals surface area (Å²) in [6.45, 7) is 3.91. The second kappa shape index (κ2) is 5.23. The van der Waals surface area contributed by atoms with Crippen molar-refractivity contribution in [3.8, 4) is 5.75 Å². The van der Waals surface area contributed by atoms with E-state index in [9.17, 15) is 4.79 Å². The SMILES string of the molecule is Cc1ccc(OC(=O)c2ccc(Cl)cc2)c(C)c1. The average molecular weight is 261 g/mol. The van der Waals surface area contributed by atoms with Gasteiger partial charge < -0.3 is 4.74 Å². The number of benzene rings is 2. The Labute approximate surface area is 111 Å². The number of ether oxygens (including phenoxy) is 1. The van der Waals surface area contributed by atoms with Crippen molar-refractivity contribution in [1.29, 1.82) is 0 Å². The fraction of sp³-hybridized carbons (Fsp3) is 0.133. The van der Waals surface area contributed by atoms with Gasteiger partial charge in [0.2, 0.25) is 0 Å². The summed E-state index contributed by atoms with van der Waals surface area (Å²) in [4.78, 5) is 11.9. The number of hydrogen-bond donors (Lipinski definition) is 0. The van der Waals surface area contributed by atoms with Crippen LogP contribution in [0.15, 0.2) is 42.5 Å². The first-order valence-corrected chi connectivity index (χ1v) is 5.99. The van der Waals surface area contributed by atoms with E-state index in [0.717, 1.165) is 11.1 Å². The maximum atomic E-state index is 11.9. The fourth-order valence-corrected chi connectivity index (χ4v) is 1.78. The molecule has 3 heteroatoms. The highest BCUT2D eigenvalue weighted by Gasteiger charge is 2.09. The van der Waals surface area contributed by atoms with Crippen LogP contribution in [-0.4, -0.2) is 5.97 Å². The van der Waals surface area contributed by atoms with Crippen LogP contribution in [0.25, 0.3) is 0 Å². The van der Waals surface area contributed by atoms with E-state index < -0.39 is 0 Å². The third kappa shape index (κ3) is 2.90. The van der Waals surface area contributed by atoms with Gasteiger partial charge in [-0.15, -0.1) is 0 Å². The smallest absolute Gasteiger partial charge is 0.343 e. The van der Waals surface area contributed by atoms with Gasteiger partial charge in [-0.05, 0) is 49.7 Å². The first kappa shape index (κ1) is 12.7. The topological polar surface area (TPSA) is 26.3 Å². The molecule has 0 saturated heterocycles. The lowest BCUT2D eigenvalue weighted by Crippen LogP contribution is -2.09. The number of aryl methyl sites for hydroxylation is 2. The molecule has 0 heterocycles. The molecule has 2 aromatic carbocycles. The zero-order valence-electron chi connectivity index (χ0n) is 10.2. The maximum Gasteiger partial charge on any atom is 0.343 e. The summed E-state index contributed by atoms with van der Waals surface area (Å²) in [5.74, 6) is 0.208. The second-order valence-corrected chi connectivity index (χ2v) is 4.60. The zero-order valence-corrected chi connectivity index (χ0v) is 11.0. The lowest BCUT2D eigenvalue weighted by atomic mass is 10.1. The molecule has 0 radical (unpaired) electrons. The predicted octanol–water partition coefficient (Wildman–Crippen LogP) is 4.18. The van der Waals surface area contributed by atoms with E-state index in [4.69, 9.17) is 16.3 Å². The maximum absolute atomic E-state index is 11.9. The van der Waals surface area contributed by atoms with Crippen molar-refractivity contribution < 1.29 is 9.53 Å². The van der Waals surface area contributed by atoms with E-state index in [0.29, 0.717) is 16.3 Å². The van der Waals surface area contributed by atoms with Crippen LogP contribution >= 0.6 is 11.6 Å². The third-order valence-electron chi connectivity index (χ3n) is 2.61. The minimum Gasteiger partial charge on any atom is -0.423 e. The first-order valence-electron chi connectivity index (χ1n) is 5.61. The van der Waals surface area contributed by atoms with E-state index in [1.54, 1.807) is 30.3 Å². The van der Waals surface area contributed by atoms with Crippen molar-refractivity contribution in [3.05, 3.63) is 64.2 Å². The molecule has 0 aromatic heterocycles. The third-order valence-corrected chi connectivity index (χ3v) is 2.86. The highest BCUT2D eigenvalue weighted by atomic mass is 35.5. The van der Waals surface area contributed by atoms with Crippen LogP contribution in [-0.2, 0) is 0 Å². The molecule has 92 valence electrons. The molecule has 0 atom stereocenters. The van der Waals surface area contributed by atoms with Crippen molar-refractivity contribution >= 4 is 17.6 Å². The van der Waals surface area contributed by atoms with Crippen LogP contribution in [0, 0.1) is 13.8 Å². The molecular weight excluding hydrogens is 248 g/mol. The number of halogens is 1. The second-order valence-electron chi connectivity index (χ2n) is 4.17. The van der Waals surface area contributed by atoms with Crippen molar-refractivity contribution in [2.75, 3.05) is 0 Å². The minimum absolute atomic E-state index is 0.376. The Kier molecular flexibility index (Phi) is 3.68.